The van der Waals surface area contributed by atoms with Gasteiger partial charge in [0.1, 0.15) is 0 Å². The molecule has 0 aliphatic carbocycles. The highest BCUT2D eigenvalue weighted by Crippen LogP contribution is 1.98. The van der Waals surface area contributed by atoms with Crippen molar-refractivity contribution in [3.63, 3.8) is 0 Å². The highest BCUT2D eigenvalue weighted by Gasteiger charge is 2.11. The maximum absolute atomic E-state index is 8.51. The number of hydrogen-bond donors (Lipinski definition) is 2. The maximum atomic E-state index is 8.51. The van der Waals surface area contributed by atoms with Crippen molar-refractivity contribution < 1.29 is 9.84 Å². The van der Waals surface area contributed by atoms with Gasteiger partial charge in [-0.15, -0.1) is 0 Å². The first-order valence-corrected chi connectivity index (χ1v) is 5.28. The second-order valence-corrected chi connectivity index (χ2v) is 3.21. The molecule has 1 aliphatic rings. The fraction of sp³-hybridized carbons (Fsp3) is 1.00. The van der Waals surface area contributed by atoms with Crippen molar-refractivity contribution in [3.05, 3.63) is 0 Å². The minimum Gasteiger partial charge on any atom is -0.396 e. The molecule has 13 heavy (non-hydrogen) atoms. The van der Waals surface area contributed by atoms with E-state index in [0.29, 0.717) is 0 Å². The molecule has 1 aliphatic heterocycles. The Bertz CT molecular complexity index is 88.2. The molecule has 2 N–H and O–H groups in total. The van der Waals surface area contributed by atoms with Crippen LogP contribution in [-0.2, 0) is 4.74 Å². The summed E-state index contributed by atoms with van der Waals surface area (Å²) in [5.74, 6) is 0. The summed E-state index contributed by atoms with van der Waals surface area (Å²) in [6, 6.07) is 0. The minimum absolute atomic E-state index is 0.229. The van der Waals surface area contributed by atoms with Crippen molar-refractivity contribution >= 4 is 0 Å². The van der Waals surface area contributed by atoms with Crippen LogP contribution in [0.25, 0.3) is 0 Å². The summed E-state index contributed by atoms with van der Waals surface area (Å²) in [5.41, 5.74) is 0. The van der Waals surface area contributed by atoms with Crippen molar-refractivity contribution in [3.8, 4) is 0 Å². The Morgan fingerprint density at radius 3 is 2.46 bits per heavy atom. The lowest BCUT2D eigenvalue weighted by Gasteiger charge is -2.22. The van der Waals surface area contributed by atoms with Gasteiger partial charge in [-0.05, 0) is 6.42 Å². The summed E-state index contributed by atoms with van der Waals surface area (Å²) in [6.45, 7) is 7.21. The molecule has 3 nitrogen and oxygen atoms in total. The molecular weight excluding hydrogens is 166 g/mol. The number of unbranched alkanes of at least 4 members (excludes halogenated alkanes) is 1. The van der Waals surface area contributed by atoms with Crippen LogP contribution in [0, 0.1) is 0 Å². The second kappa shape index (κ2) is 9.96. The molecule has 0 amide bonds. The van der Waals surface area contributed by atoms with Gasteiger partial charge in [0.25, 0.3) is 0 Å². The Hall–Kier alpha value is -0.120. The van der Waals surface area contributed by atoms with Gasteiger partial charge in [0.2, 0.25) is 0 Å². The Morgan fingerprint density at radius 1 is 1.38 bits per heavy atom. The predicted octanol–water partition coefficient (Wildman–Crippen LogP) is 1.16. The minimum atomic E-state index is 0.229. The first-order valence-electron chi connectivity index (χ1n) is 5.28. The topological polar surface area (TPSA) is 41.5 Å². The van der Waals surface area contributed by atoms with Gasteiger partial charge in [-0.3, -0.25) is 0 Å². The van der Waals surface area contributed by atoms with Crippen molar-refractivity contribution in [2.45, 2.75) is 39.2 Å². The third-order valence-electron chi connectivity index (χ3n) is 1.96. The molecule has 0 bridgehead atoms. The third-order valence-corrected chi connectivity index (χ3v) is 1.96. The first kappa shape index (κ1) is 12.9. The zero-order chi connectivity index (χ0) is 9.94. The van der Waals surface area contributed by atoms with Gasteiger partial charge in [-0.2, -0.15) is 0 Å². The van der Waals surface area contributed by atoms with E-state index in [0.717, 1.165) is 26.1 Å². The quantitative estimate of drug-likeness (QED) is 0.700. The SMILES string of the molecule is CCCC.OCCC1CNCCO1. The van der Waals surface area contributed by atoms with E-state index in [1.807, 2.05) is 0 Å². The molecule has 80 valence electrons. The second-order valence-electron chi connectivity index (χ2n) is 3.21. The van der Waals surface area contributed by atoms with E-state index < -0.39 is 0 Å². The zero-order valence-electron chi connectivity index (χ0n) is 8.88. The average molecular weight is 189 g/mol. The molecule has 1 saturated heterocycles. The van der Waals surface area contributed by atoms with Crippen molar-refractivity contribution in [2.24, 2.45) is 0 Å². The largest absolute Gasteiger partial charge is 0.396 e. The van der Waals surface area contributed by atoms with Crippen LogP contribution < -0.4 is 5.32 Å². The molecule has 1 unspecified atom stereocenters. The Balaban J connectivity index is 0.000000310. The Morgan fingerprint density at radius 2 is 2.08 bits per heavy atom. The predicted molar refractivity (Wildman–Crippen MR) is 54.9 cm³/mol. The van der Waals surface area contributed by atoms with Gasteiger partial charge in [0.05, 0.1) is 12.7 Å². The van der Waals surface area contributed by atoms with Crippen LogP contribution in [0.4, 0.5) is 0 Å². The van der Waals surface area contributed by atoms with Gasteiger partial charge in [-0.25, -0.2) is 0 Å². The summed E-state index contributed by atoms with van der Waals surface area (Å²) >= 11 is 0. The van der Waals surface area contributed by atoms with Gasteiger partial charge in [-0.1, -0.05) is 26.7 Å². The lowest BCUT2D eigenvalue weighted by Crippen LogP contribution is -2.38. The Kier molecular flexibility index (Phi) is 9.87. The highest BCUT2D eigenvalue weighted by molar-refractivity contribution is 4.65. The van der Waals surface area contributed by atoms with Crippen molar-refractivity contribution in [1.82, 2.24) is 5.32 Å². The molecule has 1 fully saturated rings. The fourth-order valence-corrected chi connectivity index (χ4v) is 0.949. The zero-order valence-corrected chi connectivity index (χ0v) is 8.88. The van der Waals surface area contributed by atoms with E-state index in [-0.39, 0.29) is 12.7 Å². The third kappa shape index (κ3) is 8.22. The van der Waals surface area contributed by atoms with Gasteiger partial charge < -0.3 is 15.2 Å². The molecule has 0 aromatic heterocycles. The number of hydrogen-bond acceptors (Lipinski definition) is 3. The number of aliphatic hydroxyl groups excluding tert-OH is 1. The lowest BCUT2D eigenvalue weighted by atomic mass is 10.2. The molecule has 0 radical (unpaired) electrons. The van der Waals surface area contributed by atoms with E-state index >= 15 is 0 Å². The molecule has 0 aromatic carbocycles. The molecule has 3 heteroatoms. The molecule has 0 aromatic rings. The number of nitrogens with one attached hydrogen (secondary N) is 1. The average Bonchev–Trinajstić information content (AvgIpc) is 2.20. The normalized spacial score (nSPS) is 21.9. The number of aliphatic hydroxyl groups is 1. The van der Waals surface area contributed by atoms with Crippen LogP contribution in [0.1, 0.15) is 33.1 Å². The summed E-state index contributed by atoms with van der Waals surface area (Å²) in [4.78, 5) is 0. The van der Waals surface area contributed by atoms with E-state index in [2.05, 4.69) is 19.2 Å². The first-order chi connectivity index (χ1) is 6.35. The lowest BCUT2D eigenvalue weighted by molar-refractivity contribution is 0.0139. The summed E-state index contributed by atoms with van der Waals surface area (Å²) in [5, 5.41) is 11.7. The highest BCUT2D eigenvalue weighted by atomic mass is 16.5. The van der Waals surface area contributed by atoms with Crippen LogP contribution >= 0.6 is 0 Å². The smallest absolute Gasteiger partial charge is 0.0721 e. The van der Waals surface area contributed by atoms with Crippen LogP contribution in [0.5, 0.6) is 0 Å². The standard InChI is InChI=1S/C6H13NO2.C4H10/c8-3-1-6-5-7-2-4-9-6;1-3-4-2/h6-8H,1-5H2;3-4H2,1-2H3. The number of morpholine rings is 1. The molecule has 1 atom stereocenters. The summed E-state index contributed by atoms with van der Waals surface area (Å²) < 4.78 is 5.30. The van der Waals surface area contributed by atoms with E-state index in [1.165, 1.54) is 12.8 Å². The summed E-state index contributed by atoms with van der Waals surface area (Å²) in [6.07, 6.45) is 3.64. The van der Waals surface area contributed by atoms with E-state index in [1.54, 1.807) is 0 Å². The van der Waals surface area contributed by atoms with Gasteiger partial charge in [0, 0.05) is 19.7 Å². The van der Waals surface area contributed by atoms with E-state index in [9.17, 15) is 0 Å². The van der Waals surface area contributed by atoms with Crippen LogP contribution in [0.3, 0.4) is 0 Å². The van der Waals surface area contributed by atoms with Crippen LogP contribution in [-0.4, -0.2) is 37.5 Å². The molecular formula is C10H23NO2. The molecule has 1 heterocycles. The van der Waals surface area contributed by atoms with Gasteiger partial charge >= 0.3 is 0 Å². The van der Waals surface area contributed by atoms with E-state index in [4.69, 9.17) is 9.84 Å². The van der Waals surface area contributed by atoms with Crippen LogP contribution in [0.15, 0.2) is 0 Å². The number of ether oxygens (including phenoxy) is 1. The molecule has 1 rings (SSSR count). The Labute approximate surface area is 81.5 Å². The fourth-order valence-electron chi connectivity index (χ4n) is 0.949. The van der Waals surface area contributed by atoms with Crippen molar-refractivity contribution in [1.29, 1.82) is 0 Å². The van der Waals surface area contributed by atoms with Crippen molar-refractivity contribution in [2.75, 3.05) is 26.3 Å². The van der Waals surface area contributed by atoms with Crippen LogP contribution in [0.2, 0.25) is 0 Å². The molecule has 0 saturated carbocycles. The number of rotatable bonds is 3. The monoisotopic (exact) mass is 189 g/mol. The molecule has 0 spiro atoms. The summed E-state index contributed by atoms with van der Waals surface area (Å²) in [7, 11) is 0. The maximum Gasteiger partial charge on any atom is 0.0721 e. The van der Waals surface area contributed by atoms with Gasteiger partial charge in [0.15, 0.2) is 0 Å².